The zero-order valence-corrected chi connectivity index (χ0v) is 15.6. The first-order valence-corrected chi connectivity index (χ1v) is 9.10. The molecule has 1 fully saturated rings. The smallest absolute Gasteiger partial charge is 0.236 e. The van der Waals surface area contributed by atoms with E-state index in [1.807, 2.05) is 6.92 Å². The molecular formula is C20H26N2O4. The van der Waals surface area contributed by atoms with Gasteiger partial charge in [0.05, 0.1) is 25.3 Å². The fraction of sp³-hybridized carbons (Fsp3) is 0.500. The van der Waals surface area contributed by atoms with Crippen molar-refractivity contribution >= 4 is 17.5 Å². The van der Waals surface area contributed by atoms with Crippen molar-refractivity contribution in [3.8, 4) is 11.5 Å². The van der Waals surface area contributed by atoms with Crippen LogP contribution in [-0.2, 0) is 9.59 Å². The average Bonchev–Trinajstić information content (AvgIpc) is 2.67. The van der Waals surface area contributed by atoms with Gasteiger partial charge in [-0.15, -0.1) is 0 Å². The molecule has 26 heavy (non-hydrogen) atoms. The number of methoxy groups -OCH3 is 2. The highest BCUT2D eigenvalue weighted by Gasteiger charge is 2.49. The SMILES string of the molecule is CCN1C(=O)CCC2(C(=O)Nc3cc(OC)ccc3OC)CCCC=C12. The van der Waals surface area contributed by atoms with Crippen LogP contribution in [0.1, 0.15) is 39.0 Å². The van der Waals surface area contributed by atoms with E-state index in [2.05, 4.69) is 11.4 Å². The van der Waals surface area contributed by atoms with Gasteiger partial charge in [-0.1, -0.05) is 6.08 Å². The van der Waals surface area contributed by atoms with Crippen molar-refractivity contribution < 1.29 is 19.1 Å². The van der Waals surface area contributed by atoms with Crippen LogP contribution in [0.25, 0.3) is 0 Å². The lowest BCUT2D eigenvalue weighted by Gasteiger charge is -2.45. The van der Waals surface area contributed by atoms with Crippen LogP contribution >= 0.6 is 0 Å². The molecule has 140 valence electrons. The van der Waals surface area contributed by atoms with Crippen LogP contribution < -0.4 is 14.8 Å². The molecule has 2 aliphatic rings. The molecular weight excluding hydrogens is 332 g/mol. The number of benzene rings is 1. The Labute approximate surface area is 154 Å². The lowest BCUT2D eigenvalue weighted by atomic mass is 9.69. The van der Waals surface area contributed by atoms with Gasteiger partial charge in [0, 0.05) is 24.7 Å². The molecule has 1 N–H and O–H groups in total. The summed E-state index contributed by atoms with van der Waals surface area (Å²) in [5, 5.41) is 3.03. The second-order valence-corrected chi connectivity index (χ2v) is 6.72. The Morgan fingerprint density at radius 2 is 2.08 bits per heavy atom. The number of ether oxygens (including phenoxy) is 2. The second kappa shape index (κ2) is 7.40. The van der Waals surface area contributed by atoms with Gasteiger partial charge in [-0.25, -0.2) is 0 Å². The standard InChI is InChI=1S/C20H26N2O4/c1-4-22-17-7-5-6-11-20(17,12-10-18(22)23)19(24)21-15-13-14(25-2)8-9-16(15)26-3/h7-9,13H,4-6,10-12H2,1-3H3,(H,21,24). The Morgan fingerprint density at radius 3 is 2.77 bits per heavy atom. The minimum atomic E-state index is -0.656. The van der Waals surface area contributed by atoms with E-state index in [0.29, 0.717) is 36.6 Å². The van der Waals surface area contributed by atoms with Gasteiger partial charge in [0.1, 0.15) is 11.5 Å². The quantitative estimate of drug-likeness (QED) is 0.877. The third-order valence-electron chi connectivity index (χ3n) is 5.40. The van der Waals surface area contributed by atoms with E-state index < -0.39 is 5.41 Å². The van der Waals surface area contributed by atoms with Gasteiger partial charge >= 0.3 is 0 Å². The van der Waals surface area contributed by atoms with Crippen molar-refractivity contribution in [2.75, 3.05) is 26.1 Å². The van der Waals surface area contributed by atoms with Gasteiger partial charge in [-0.05, 0) is 44.7 Å². The minimum absolute atomic E-state index is 0.0825. The van der Waals surface area contributed by atoms with Crippen LogP contribution in [0, 0.1) is 5.41 Å². The zero-order chi connectivity index (χ0) is 18.7. The number of rotatable bonds is 5. The number of carbonyl (C=O) groups is 2. The number of amides is 2. The van der Waals surface area contributed by atoms with Crippen LogP contribution in [0.3, 0.4) is 0 Å². The highest BCUT2D eigenvalue weighted by Crippen LogP contribution is 2.47. The first kappa shape index (κ1) is 18.3. The van der Waals surface area contributed by atoms with Gasteiger partial charge < -0.3 is 19.7 Å². The molecule has 0 radical (unpaired) electrons. The summed E-state index contributed by atoms with van der Waals surface area (Å²) in [6, 6.07) is 5.31. The first-order chi connectivity index (χ1) is 12.6. The fourth-order valence-electron chi connectivity index (χ4n) is 4.02. The number of piperidine rings is 1. The molecule has 6 heteroatoms. The van der Waals surface area contributed by atoms with E-state index in [1.54, 1.807) is 37.3 Å². The predicted molar refractivity (Wildman–Crippen MR) is 99.2 cm³/mol. The largest absolute Gasteiger partial charge is 0.497 e. The fourth-order valence-corrected chi connectivity index (χ4v) is 4.02. The molecule has 1 saturated heterocycles. The topological polar surface area (TPSA) is 67.9 Å². The van der Waals surface area contributed by atoms with Crippen LogP contribution in [0.15, 0.2) is 30.0 Å². The molecule has 1 aliphatic heterocycles. The number of carbonyl (C=O) groups excluding carboxylic acids is 2. The number of likely N-dealkylation sites (tertiary alicyclic amines) is 1. The third-order valence-corrected chi connectivity index (χ3v) is 5.40. The number of anilines is 1. The monoisotopic (exact) mass is 358 g/mol. The average molecular weight is 358 g/mol. The van der Waals surface area contributed by atoms with Gasteiger partial charge in [-0.3, -0.25) is 9.59 Å². The van der Waals surface area contributed by atoms with E-state index in [0.717, 1.165) is 25.0 Å². The summed E-state index contributed by atoms with van der Waals surface area (Å²) in [4.78, 5) is 27.4. The Bertz CT molecular complexity index is 743. The first-order valence-electron chi connectivity index (χ1n) is 9.10. The molecule has 1 aromatic rings. The Hall–Kier alpha value is -2.50. The molecule has 0 saturated carbocycles. The second-order valence-electron chi connectivity index (χ2n) is 6.72. The predicted octanol–water partition coefficient (Wildman–Crippen LogP) is 3.34. The molecule has 1 aromatic carbocycles. The van der Waals surface area contributed by atoms with Crippen LogP contribution in [0.2, 0.25) is 0 Å². The molecule has 0 aromatic heterocycles. The number of nitrogens with one attached hydrogen (secondary N) is 1. The third kappa shape index (κ3) is 3.04. The molecule has 1 unspecified atom stereocenters. The van der Waals surface area contributed by atoms with Crippen molar-refractivity contribution in [3.05, 3.63) is 30.0 Å². The van der Waals surface area contributed by atoms with Crippen molar-refractivity contribution in [3.63, 3.8) is 0 Å². The number of allylic oxidation sites excluding steroid dienone is 1. The molecule has 0 spiro atoms. The summed E-state index contributed by atoms with van der Waals surface area (Å²) in [7, 11) is 3.15. The van der Waals surface area contributed by atoms with E-state index in [9.17, 15) is 9.59 Å². The van der Waals surface area contributed by atoms with E-state index in [1.165, 1.54) is 0 Å². The van der Waals surface area contributed by atoms with Crippen molar-refractivity contribution in [1.82, 2.24) is 4.90 Å². The van der Waals surface area contributed by atoms with Crippen molar-refractivity contribution in [1.29, 1.82) is 0 Å². The zero-order valence-electron chi connectivity index (χ0n) is 15.6. The lowest BCUT2D eigenvalue weighted by molar-refractivity contribution is -0.138. The molecule has 1 aliphatic carbocycles. The summed E-state index contributed by atoms with van der Waals surface area (Å²) in [5.74, 6) is 1.24. The normalized spacial score (nSPS) is 22.3. The number of nitrogens with zero attached hydrogens (tertiary/aromatic N) is 1. The maximum absolute atomic E-state index is 13.4. The van der Waals surface area contributed by atoms with Gasteiger partial charge in [0.25, 0.3) is 0 Å². The highest BCUT2D eigenvalue weighted by molar-refractivity contribution is 6.00. The van der Waals surface area contributed by atoms with Gasteiger partial charge in [0.2, 0.25) is 11.8 Å². The maximum Gasteiger partial charge on any atom is 0.236 e. The summed E-state index contributed by atoms with van der Waals surface area (Å²) < 4.78 is 10.6. The van der Waals surface area contributed by atoms with E-state index >= 15 is 0 Å². The summed E-state index contributed by atoms with van der Waals surface area (Å²) in [5.41, 5.74) is 0.786. The number of hydrogen-bond acceptors (Lipinski definition) is 4. The lowest BCUT2D eigenvalue weighted by Crippen LogP contribution is -2.51. The summed E-state index contributed by atoms with van der Waals surface area (Å²) in [6.07, 6.45) is 5.60. The van der Waals surface area contributed by atoms with E-state index in [-0.39, 0.29) is 11.8 Å². The van der Waals surface area contributed by atoms with Crippen LogP contribution in [-0.4, -0.2) is 37.5 Å². The molecule has 1 heterocycles. The maximum atomic E-state index is 13.4. The van der Waals surface area contributed by atoms with Gasteiger partial charge in [0.15, 0.2) is 0 Å². The Balaban J connectivity index is 1.94. The van der Waals surface area contributed by atoms with Gasteiger partial charge in [-0.2, -0.15) is 0 Å². The molecule has 0 bridgehead atoms. The molecule has 1 atom stereocenters. The molecule has 6 nitrogen and oxygen atoms in total. The minimum Gasteiger partial charge on any atom is -0.497 e. The van der Waals surface area contributed by atoms with Crippen LogP contribution in [0.4, 0.5) is 5.69 Å². The van der Waals surface area contributed by atoms with Crippen molar-refractivity contribution in [2.45, 2.75) is 39.0 Å². The molecule has 2 amide bonds. The van der Waals surface area contributed by atoms with Crippen LogP contribution in [0.5, 0.6) is 11.5 Å². The number of fused-ring (bicyclic) bond motifs is 1. The van der Waals surface area contributed by atoms with E-state index in [4.69, 9.17) is 9.47 Å². The summed E-state index contributed by atoms with van der Waals surface area (Å²) >= 11 is 0. The summed E-state index contributed by atoms with van der Waals surface area (Å²) in [6.45, 7) is 2.54. The Kier molecular flexibility index (Phi) is 5.20. The number of hydrogen-bond donors (Lipinski definition) is 1. The highest BCUT2D eigenvalue weighted by atomic mass is 16.5. The molecule has 3 rings (SSSR count). The van der Waals surface area contributed by atoms with Crippen molar-refractivity contribution in [2.24, 2.45) is 5.41 Å². The Morgan fingerprint density at radius 1 is 1.27 bits per heavy atom.